The third kappa shape index (κ3) is 1.92. The van der Waals surface area contributed by atoms with Gasteiger partial charge in [0.05, 0.1) is 18.8 Å². The van der Waals surface area contributed by atoms with Gasteiger partial charge in [0, 0.05) is 19.3 Å². The summed E-state index contributed by atoms with van der Waals surface area (Å²) >= 11 is 0. The summed E-state index contributed by atoms with van der Waals surface area (Å²) in [6.45, 7) is 1.13. The number of hydrogen-bond donors (Lipinski definition) is 1. The van der Waals surface area contributed by atoms with Crippen LogP contribution in [0.25, 0.3) is 0 Å². The lowest BCUT2D eigenvalue weighted by Crippen LogP contribution is -2.51. The van der Waals surface area contributed by atoms with Gasteiger partial charge in [-0.3, -0.25) is 0 Å². The molecule has 0 aliphatic carbocycles. The molecule has 0 aromatic carbocycles. The fourth-order valence-electron chi connectivity index (χ4n) is 1.48. The zero-order valence-electron chi connectivity index (χ0n) is 8.38. The SMILES string of the molecule is COC(=O)c1ccnc(N2CC(O)C2)c1. The molecule has 1 saturated heterocycles. The molecule has 0 spiro atoms. The van der Waals surface area contributed by atoms with Crippen molar-refractivity contribution in [2.24, 2.45) is 0 Å². The number of β-amino-alcohol motifs (C(OH)–C–C–N with tert-alkyl or cyclic N) is 1. The summed E-state index contributed by atoms with van der Waals surface area (Å²) in [6, 6.07) is 3.27. The second-order valence-corrected chi connectivity index (χ2v) is 3.45. The van der Waals surface area contributed by atoms with Crippen molar-refractivity contribution in [1.29, 1.82) is 0 Å². The Kier molecular flexibility index (Phi) is 2.55. The number of carbonyl (C=O) groups is 1. The van der Waals surface area contributed by atoms with E-state index in [1.807, 2.05) is 4.90 Å². The summed E-state index contributed by atoms with van der Waals surface area (Å²) in [5.74, 6) is 0.322. The number of ether oxygens (including phenoxy) is 1. The molecule has 2 heterocycles. The highest BCUT2D eigenvalue weighted by molar-refractivity contribution is 5.90. The molecule has 0 radical (unpaired) electrons. The van der Waals surface area contributed by atoms with Crippen molar-refractivity contribution in [3.05, 3.63) is 23.9 Å². The van der Waals surface area contributed by atoms with E-state index in [9.17, 15) is 4.79 Å². The molecule has 1 fully saturated rings. The molecule has 2 rings (SSSR count). The Morgan fingerprint density at radius 1 is 1.67 bits per heavy atom. The lowest BCUT2D eigenvalue weighted by Gasteiger charge is -2.36. The Balaban J connectivity index is 2.16. The first-order valence-corrected chi connectivity index (χ1v) is 4.68. The van der Waals surface area contributed by atoms with Crippen LogP contribution in [-0.2, 0) is 4.74 Å². The van der Waals surface area contributed by atoms with E-state index in [0.717, 1.165) is 0 Å². The number of pyridine rings is 1. The van der Waals surface area contributed by atoms with Gasteiger partial charge in [0.1, 0.15) is 5.82 Å². The van der Waals surface area contributed by atoms with E-state index in [1.54, 1.807) is 18.3 Å². The van der Waals surface area contributed by atoms with Crippen LogP contribution in [0.15, 0.2) is 18.3 Å². The lowest BCUT2D eigenvalue weighted by molar-refractivity contribution is 0.0600. The number of esters is 1. The average Bonchev–Trinajstić information content (AvgIpc) is 2.24. The normalized spacial score (nSPS) is 16.0. The number of hydrogen-bond acceptors (Lipinski definition) is 5. The second-order valence-electron chi connectivity index (χ2n) is 3.45. The summed E-state index contributed by atoms with van der Waals surface area (Å²) < 4.78 is 4.61. The molecule has 0 saturated carbocycles. The first kappa shape index (κ1) is 9.92. The van der Waals surface area contributed by atoms with Gasteiger partial charge >= 0.3 is 5.97 Å². The first-order chi connectivity index (χ1) is 7.20. The molecule has 1 N–H and O–H groups in total. The molecule has 1 aliphatic rings. The number of methoxy groups -OCH3 is 1. The first-order valence-electron chi connectivity index (χ1n) is 4.68. The standard InChI is InChI=1S/C10H12N2O3/c1-15-10(14)7-2-3-11-9(4-7)12-5-8(13)6-12/h2-4,8,13H,5-6H2,1H3. The van der Waals surface area contributed by atoms with Crippen molar-refractivity contribution in [1.82, 2.24) is 4.98 Å². The molecule has 5 nitrogen and oxygen atoms in total. The van der Waals surface area contributed by atoms with Crippen LogP contribution >= 0.6 is 0 Å². The molecular weight excluding hydrogens is 196 g/mol. The fourth-order valence-corrected chi connectivity index (χ4v) is 1.48. The quantitative estimate of drug-likeness (QED) is 0.696. The molecule has 1 aromatic rings. The molecule has 1 aliphatic heterocycles. The van der Waals surface area contributed by atoms with Crippen LogP contribution in [0, 0.1) is 0 Å². The Morgan fingerprint density at radius 2 is 2.40 bits per heavy atom. The Hall–Kier alpha value is -1.62. The minimum atomic E-state index is -0.375. The number of anilines is 1. The molecule has 0 amide bonds. The van der Waals surface area contributed by atoms with Crippen molar-refractivity contribution in [2.75, 3.05) is 25.1 Å². The second kappa shape index (κ2) is 3.86. The van der Waals surface area contributed by atoms with Crippen LogP contribution in [0.1, 0.15) is 10.4 Å². The third-order valence-corrected chi connectivity index (χ3v) is 2.35. The van der Waals surface area contributed by atoms with Gasteiger partial charge in [0.15, 0.2) is 0 Å². The van der Waals surface area contributed by atoms with Crippen molar-refractivity contribution in [2.45, 2.75) is 6.10 Å². The van der Waals surface area contributed by atoms with Crippen LogP contribution in [0.5, 0.6) is 0 Å². The van der Waals surface area contributed by atoms with Gasteiger partial charge in [-0.1, -0.05) is 0 Å². The van der Waals surface area contributed by atoms with Crippen LogP contribution in [0.4, 0.5) is 5.82 Å². The summed E-state index contributed by atoms with van der Waals surface area (Å²) in [7, 11) is 1.34. The van der Waals surface area contributed by atoms with Crippen molar-refractivity contribution < 1.29 is 14.6 Å². The minimum Gasteiger partial charge on any atom is -0.465 e. The number of aliphatic hydroxyl groups is 1. The Morgan fingerprint density at radius 3 is 3.00 bits per heavy atom. The van der Waals surface area contributed by atoms with Crippen LogP contribution in [-0.4, -0.2) is 42.4 Å². The van der Waals surface area contributed by atoms with E-state index < -0.39 is 0 Å². The van der Waals surface area contributed by atoms with Gasteiger partial charge in [-0.05, 0) is 12.1 Å². The van der Waals surface area contributed by atoms with E-state index in [0.29, 0.717) is 24.5 Å². The highest BCUT2D eigenvalue weighted by Crippen LogP contribution is 2.19. The van der Waals surface area contributed by atoms with Gasteiger partial charge < -0.3 is 14.7 Å². The highest BCUT2D eigenvalue weighted by atomic mass is 16.5. The van der Waals surface area contributed by atoms with E-state index in [2.05, 4.69) is 9.72 Å². The summed E-state index contributed by atoms with van der Waals surface area (Å²) in [5, 5.41) is 9.14. The van der Waals surface area contributed by atoms with Gasteiger partial charge in [-0.25, -0.2) is 9.78 Å². The lowest BCUT2D eigenvalue weighted by atomic mass is 10.1. The van der Waals surface area contributed by atoms with Crippen molar-refractivity contribution in [3.8, 4) is 0 Å². The summed E-state index contributed by atoms with van der Waals surface area (Å²) in [6.07, 6.45) is 1.28. The minimum absolute atomic E-state index is 0.284. The maximum atomic E-state index is 11.2. The number of carbonyl (C=O) groups excluding carboxylic acids is 1. The van der Waals surface area contributed by atoms with Gasteiger partial charge in [-0.15, -0.1) is 0 Å². The largest absolute Gasteiger partial charge is 0.465 e. The van der Waals surface area contributed by atoms with E-state index in [-0.39, 0.29) is 12.1 Å². The predicted molar refractivity (Wildman–Crippen MR) is 53.8 cm³/mol. The summed E-state index contributed by atoms with van der Waals surface area (Å²) in [4.78, 5) is 17.3. The van der Waals surface area contributed by atoms with Crippen LogP contribution in [0.2, 0.25) is 0 Å². The smallest absolute Gasteiger partial charge is 0.338 e. The fraction of sp³-hybridized carbons (Fsp3) is 0.400. The maximum Gasteiger partial charge on any atom is 0.338 e. The molecular formula is C10H12N2O3. The predicted octanol–water partition coefficient (Wildman–Crippen LogP) is 0.0491. The number of aromatic nitrogens is 1. The topological polar surface area (TPSA) is 62.7 Å². The molecule has 5 heteroatoms. The van der Waals surface area contributed by atoms with E-state index in [4.69, 9.17) is 5.11 Å². The average molecular weight is 208 g/mol. The Bertz CT molecular complexity index is 375. The molecule has 80 valence electrons. The zero-order valence-corrected chi connectivity index (χ0v) is 8.38. The number of nitrogens with zero attached hydrogens (tertiary/aromatic N) is 2. The van der Waals surface area contributed by atoms with Gasteiger partial charge in [0.25, 0.3) is 0 Å². The molecule has 1 aromatic heterocycles. The molecule has 15 heavy (non-hydrogen) atoms. The number of rotatable bonds is 2. The molecule has 0 unspecified atom stereocenters. The monoisotopic (exact) mass is 208 g/mol. The maximum absolute atomic E-state index is 11.2. The van der Waals surface area contributed by atoms with Crippen molar-refractivity contribution >= 4 is 11.8 Å². The van der Waals surface area contributed by atoms with Crippen LogP contribution < -0.4 is 4.90 Å². The summed E-state index contributed by atoms with van der Waals surface area (Å²) in [5.41, 5.74) is 0.476. The van der Waals surface area contributed by atoms with Gasteiger partial charge in [-0.2, -0.15) is 0 Å². The van der Waals surface area contributed by atoms with E-state index in [1.165, 1.54) is 7.11 Å². The Labute approximate surface area is 87.3 Å². The zero-order chi connectivity index (χ0) is 10.8. The third-order valence-electron chi connectivity index (χ3n) is 2.35. The van der Waals surface area contributed by atoms with Crippen molar-refractivity contribution in [3.63, 3.8) is 0 Å². The number of aliphatic hydroxyl groups excluding tert-OH is 1. The highest BCUT2D eigenvalue weighted by Gasteiger charge is 2.25. The molecule has 0 bridgehead atoms. The van der Waals surface area contributed by atoms with Gasteiger partial charge in [0.2, 0.25) is 0 Å². The van der Waals surface area contributed by atoms with Crippen LogP contribution in [0.3, 0.4) is 0 Å². The van der Waals surface area contributed by atoms with E-state index >= 15 is 0 Å². The molecule has 0 atom stereocenters.